The molecule has 2 saturated heterocycles. The van der Waals surface area contributed by atoms with E-state index in [0.29, 0.717) is 23.4 Å². The number of ether oxygens (including phenoxy) is 5. The lowest BCUT2D eigenvalue weighted by atomic mass is 9.83. The minimum absolute atomic E-state index is 0.0570. The van der Waals surface area contributed by atoms with Crippen LogP contribution in [0.25, 0.3) is 5.57 Å². The van der Waals surface area contributed by atoms with E-state index in [1.54, 1.807) is 76.4 Å². The minimum Gasteiger partial charge on any atom is -0.495 e. The van der Waals surface area contributed by atoms with Crippen LogP contribution in [-0.2, 0) is 35.0 Å². The number of alkyl carbamates (subject to hydrolysis) is 1. The molecule has 3 heterocycles. The number of carbonyl (C=O) groups excluding carboxylic acids is 4. The van der Waals surface area contributed by atoms with Gasteiger partial charge in [-0.15, -0.1) is 0 Å². The zero-order valence-corrected chi connectivity index (χ0v) is 34.0. The number of halogens is 1. The van der Waals surface area contributed by atoms with Crippen molar-refractivity contribution in [1.82, 2.24) is 10.2 Å². The van der Waals surface area contributed by atoms with E-state index in [1.165, 1.54) is 24.0 Å². The van der Waals surface area contributed by atoms with Crippen molar-refractivity contribution < 1.29 is 48.0 Å². The summed E-state index contributed by atoms with van der Waals surface area (Å²) in [4.78, 5) is 57.1. The third-order valence-corrected chi connectivity index (χ3v) is 11.2. The molecule has 3 amide bonds. The molecule has 56 heavy (non-hydrogen) atoms. The standard InChI is InChI=1S/C42H52ClN3O10/c1-10-46(39(49)29-16-14-28(15-17-29)24(2)3)23-36(48)55-34-21-35(47)45(7)30-19-27(20-31(52-8)37(30)43)18-25(4)12-11-13-33(53-9)42(51)22-32(54-40(50)44-42)26(5)38-41(34,6)56-38/h11-17,19-20,26,32-34,38,51H,2,10,18,21-23H2,1,3-9H3,(H,44,50)/b13-11+,25-12+/t26-,32+,33-,34+,38+,41+,42+/m1/s1. The second-order valence-corrected chi connectivity index (χ2v) is 15.3. The number of hydrogen-bond acceptors (Lipinski definition) is 10. The molecule has 0 unspecified atom stereocenters. The van der Waals surface area contributed by atoms with Gasteiger partial charge in [0.15, 0.2) is 5.72 Å². The van der Waals surface area contributed by atoms with Gasteiger partial charge in [0.2, 0.25) is 5.91 Å². The lowest BCUT2D eigenvalue weighted by molar-refractivity contribution is -0.154. The van der Waals surface area contributed by atoms with Gasteiger partial charge < -0.3 is 38.6 Å². The first kappa shape index (κ1) is 42.5. The van der Waals surface area contributed by atoms with Crippen molar-refractivity contribution >= 4 is 46.7 Å². The summed E-state index contributed by atoms with van der Waals surface area (Å²) in [5.41, 5.74) is 1.18. The fourth-order valence-electron chi connectivity index (χ4n) is 7.36. The van der Waals surface area contributed by atoms with Crippen LogP contribution in [0.3, 0.4) is 0 Å². The molecule has 14 heteroatoms. The van der Waals surface area contributed by atoms with Gasteiger partial charge in [-0.05, 0) is 69.5 Å². The third kappa shape index (κ3) is 9.12. The number of esters is 1. The first-order valence-electron chi connectivity index (χ1n) is 18.6. The quantitative estimate of drug-likeness (QED) is 0.245. The van der Waals surface area contributed by atoms with Gasteiger partial charge in [-0.25, -0.2) is 4.79 Å². The third-order valence-electron chi connectivity index (χ3n) is 10.8. The van der Waals surface area contributed by atoms with Gasteiger partial charge in [-0.1, -0.05) is 66.6 Å². The maximum Gasteiger partial charge on any atom is 0.409 e. The molecule has 3 aliphatic heterocycles. The summed E-state index contributed by atoms with van der Waals surface area (Å²) in [6, 6.07) is 10.5. The second kappa shape index (κ2) is 17.2. The normalized spacial score (nSPS) is 29.4. The molecular formula is C42H52ClN3O10. The Kier molecular flexibility index (Phi) is 13.0. The fourth-order valence-corrected chi connectivity index (χ4v) is 7.68. The minimum atomic E-state index is -1.83. The van der Waals surface area contributed by atoms with Crippen LogP contribution in [0.4, 0.5) is 10.5 Å². The molecule has 2 N–H and O–H groups in total. The Balaban J connectivity index is 1.50. The van der Waals surface area contributed by atoms with Crippen molar-refractivity contribution in [3.05, 3.63) is 88.5 Å². The molecule has 7 atom stereocenters. The number of hydrogen-bond donors (Lipinski definition) is 2. The van der Waals surface area contributed by atoms with Gasteiger partial charge in [0.1, 0.15) is 41.2 Å². The molecule has 0 aromatic heterocycles. The largest absolute Gasteiger partial charge is 0.495 e. The summed E-state index contributed by atoms with van der Waals surface area (Å²) in [5.74, 6) is -1.73. The average molecular weight is 794 g/mol. The Labute approximate surface area is 333 Å². The monoisotopic (exact) mass is 793 g/mol. The van der Waals surface area contributed by atoms with Crippen molar-refractivity contribution in [2.45, 2.75) is 89.6 Å². The number of aliphatic hydroxyl groups is 1. The van der Waals surface area contributed by atoms with Crippen LogP contribution in [0.15, 0.2) is 66.8 Å². The maximum atomic E-state index is 14.2. The topological polar surface area (TPSA) is 156 Å². The number of carbonyl (C=O) groups is 4. The van der Waals surface area contributed by atoms with Crippen LogP contribution in [0.1, 0.15) is 68.9 Å². The summed E-state index contributed by atoms with van der Waals surface area (Å²) in [6.07, 6.45) is 0.870. The number of likely N-dealkylation sites (N-methyl/N-ethyl adjacent to an activating group) is 1. The maximum absolute atomic E-state index is 14.2. The predicted octanol–water partition coefficient (Wildman–Crippen LogP) is 5.86. The highest BCUT2D eigenvalue weighted by Gasteiger charge is 2.64. The smallest absolute Gasteiger partial charge is 0.409 e. The van der Waals surface area contributed by atoms with Gasteiger partial charge >= 0.3 is 12.1 Å². The molecule has 0 spiro atoms. The number of fused-ring (bicyclic) bond motifs is 5. The van der Waals surface area contributed by atoms with E-state index in [2.05, 4.69) is 11.9 Å². The van der Waals surface area contributed by atoms with Crippen molar-refractivity contribution in [2.24, 2.45) is 5.92 Å². The predicted molar refractivity (Wildman–Crippen MR) is 211 cm³/mol. The lowest BCUT2D eigenvalue weighted by Gasteiger charge is -2.42. The van der Waals surface area contributed by atoms with E-state index in [1.807, 2.05) is 19.9 Å². The van der Waals surface area contributed by atoms with Crippen LogP contribution in [-0.4, -0.2) is 104 Å². The molecule has 2 aromatic rings. The highest BCUT2D eigenvalue weighted by atomic mass is 35.5. The van der Waals surface area contributed by atoms with Gasteiger partial charge in [0.25, 0.3) is 5.91 Å². The highest BCUT2D eigenvalue weighted by molar-refractivity contribution is 6.35. The zero-order valence-electron chi connectivity index (χ0n) is 33.2. The van der Waals surface area contributed by atoms with E-state index in [0.717, 1.165) is 22.3 Å². The average Bonchev–Trinajstić information content (AvgIpc) is 3.86. The number of amides is 3. The molecule has 13 nitrogen and oxygen atoms in total. The number of benzene rings is 2. The summed E-state index contributed by atoms with van der Waals surface area (Å²) in [6.45, 7) is 12.8. The number of nitrogens with one attached hydrogen (secondary N) is 1. The van der Waals surface area contributed by atoms with E-state index >= 15 is 0 Å². The Hall–Kier alpha value is -4.69. The molecule has 0 radical (unpaired) electrons. The summed E-state index contributed by atoms with van der Waals surface area (Å²) in [7, 11) is 4.49. The molecular weight excluding hydrogens is 742 g/mol. The van der Waals surface area contributed by atoms with Crippen molar-refractivity contribution in [1.29, 1.82) is 0 Å². The zero-order chi connectivity index (χ0) is 41.1. The molecule has 3 aliphatic rings. The van der Waals surface area contributed by atoms with Gasteiger partial charge in [0, 0.05) is 38.6 Å². The van der Waals surface area contributed by atoms with E-state index < -0.39 is 66.2 Å². The molecule has 2 fully saturated rings. The second-order valence-electron chi connectivity index (χ2n) is 15.0. The van der Waals surface area contributed by atoms with E-state index in [-0.39, 0.29) is 30.3 Å². The molecule has 2 aromatic carbocycles. The Morgan fingerprint density at radius 1 is 1.16 bits per heavy atom. The summed E-state index contributed by atoms with van der Waals surface area (Å²) < 4.78 is 29.3. The molecule has 4 bridgehead atoms. The summed E-state index contributed by atoms with van der Waals surface area (Å²) in [5, 5.41) is 14.5. The van der Waals surface area contributed by atoms with Gasteiger partial charge in [-0.3, -0.25) is 19.7 Å². The van der Waals surface area contributed by atoms with Crippen molar-refractivity contribution in [3.63, 3.8) is 0 Å². The number of nitrogens with zero attached hydrogens (tertiary/aromatic N) is 2. The summed E-state index contributed by atoms with van der Waals surface area (Å²) >= 11 is 6.78. The van der Waals surface area contributed by atoms with Gasteiger partial charge in [-0.2, -0.15) is 0 Å². The molecule has 0 saturated carbocycles. The van der Waals surface area contributed by atoms with Crippen LogP contribution < -0.4 is 15.0 Å². The lowest BCUT2D eigenvalue weighted by Crippen LogP contribution is -2.63. The number of methoxy groups -OCH3 is 2. The Morgan fingerprint density at radius 2 is 1.84 bits per heavy atom. The van der Waals surface area contributed by atoms with Crippen molar-refractivity contribution in [3.8, 4) is 5.75 Å². The van der Waals surface area contributed by atoms with Crippen LogP contribution in [0, 0.1) is 5.92 Å². The first-order chi connectivity index (χ1) is 26.4. The van der Waals surface area contributed by atoms with E-state index in [9.17, 15) is 24.3 Å². The van der Waals surface area contributed by atoms with Crippen LogP contribution >= 0.6 is 11.6 Å². The molecule has 0 aliphatic carbocycles. The highest BCUT2D eigenvalue weighted by Crippen LogP contribution is 2.49. The van der Waals surface area contributed by atoms with Crippen LogP contribution in [0.2, 0.25) is 5.02 Å². The number of allylic oxidation sites excluding steroid dienone is 4. The SMILES string of the molecule is C=C(C)c1ccc(C(=O)N(CC)CC(=O)O[C@H]2CC(=O)N(C)c3cc(cc(OC)c3Cl)C/C(C)=C/C=C/[C@@H](OC)[C@@]3(O)C[C@H](OC(=O)N3)[C@@H](C)[C@@H]3O[C@@]23C)cc1. The first-order valence-corrected chi connectivity index (χ1v) is 19.0. The number of anilines is 1. The number of epoxide rings is 1. The van der Waals surface area contributed by atoms with E-state index in [4.69, 9.17) is 35.3 Å². The van der Waals surface area contributed by atoms with Crippen molar-refractivity contribution in [2.75, 3.05) is 39.3 Å². The molecule has 302 valence electrons. The number of rotatable bonds is 8. The van der Waals surface area contributed by atoms with Crippen LogP contribution in [0.5, 0.6) is 5.75 Å². The fraction of sp³-hybridized carbons (Fsp3) is 0.476. The molecule has 5 rings (SSSR count). The Bertz CT molecular complexity index is 1910. The van der Waals surface area contributed by atoms with Gasteiger partial charge in [0.05, 0.1) is 25.3 Å². The Morgan fingerprint density at radius 3 is 2.46 bits per heavy atom.